The molecule has 0 aliphatic carbocycles. The molecule has 2 rings (SSSR count). The monoisotopic (exact) mass is 378 g/mol. The summed E-state index contributed by atoms with van der Waals surface area (Å²) < 4.78 is 1.10. The maximum Gasteiger partial charge on any atom is 0.271 e. The van der Waals surface area contributed by atoms with E-state index in [2.05, 4.69) is 33.1 Å². The van der Waals surface area contributed by atoms with Crippen LogP contribution in [-0.4, -0.2) is 11.6 Å². The molecule has 0 bridgehead atoms. The van der Waals surface area contributed by atoms with Gasteiger partial charge in [-0.2, -0.15) is 5.10 Å². The van der Waals surface area contributed by atoms with Crippen molar-refractivity contribution in [2.24, 2.45) is 5.10 Å². The molecular formula is C16H15IN2O. The van der Waals surface area contributed by atoms with Gasteiger partial charge in [-0.1, -0.05) is 29.8 Å². The summed E-state index contributed by atoms with van der Waals surface area (Å²) in [6, 6.07) is 15.4. The summed E-state index contributed by atoms with van der Waals surface area (Å²) in [6.45, 7) is 3.91. The molecule has 0 atom stereocenters. The van der Waals surface area contributed by atoms with Gasteiger partial charge in [0.25, 0.3) is 5.91 Å². The van der Waals surface area contributed by atoms with Crippen LogP contribution in [0.25, 0.3) is 0 Å². The lowest BCUT2D eigenvalue weighted by atomic mass is 10.1. The Morgan fingerprint density at radius 1 is 1.00 bits per heavy atom. The Hall–Kier alpha value is -1.69. The SMILES string of the molecule is C/C(=N/NC(=O)c1ccc(I)cc1)c1ccc(C)cc1. The molecule has 0 heterocycles. The zero-order valence-corrected chi connectivity index (χ0v) is 13.5. The molecule has 1 N–H and O–H groups in total. The van der Waals surface area contributed by atoms with Crippen LogP contribution in [0.15, 0.2) is 53.6 Å². The van der Waals surface area contributed by atoms with E-state index in [1.807, 2.05) is 50.2 Å². The molecule has 2 aromatic carbocycles. The summed E-state index contributed by atoms with van der Waals surface area (Å²) >= 11 is 2.20. The van der Waals surface area contributed by atoms with E-state index in [0.29, 0.717) is 5.56 Å². The minimum atomic E-state index is -0.201. The number of nitrogens with one attached hydrogen (secondary N) is 1. The number of nitrogens with zero attached hydrogens (tertiary/aromatic N) is 1. The standard InChI is InChI=1S/C16H15IN2O/c1-11-3-5-13(6-4-11)12(2)18-19-16(20)14-7-9-15(17)10-8-14/h3-10H,1-2H3,(H,19,20)/b18-12-. The molecule has 0 fully saturated rings. The molecule has 4 heteroatoms. The maximum atomic E-state index is 11.9. The Morgan fingerprint density at radius 2 is 1.55 bits per heavy atom. The van der Waals surface area contributed by atoms with E-state index >= 15 is 0 Å². The molecular weight excluding hydrogens is 363 g/mol. The van der Waals surface area contributed by atoms with Crippen LogP contribution in [0.2, 0.25) is 0 Å². The summed E-state index contributed by atoms with van der Waals surface area (Å²) in [5.41, 5.74) is 6.16. The second kappa shape index (κ2) is 6.65. The third-order valence-electron chi connectivity index (χ3n) is 2.90. The summed E-state index contributed by atoms with van der Waals surface area (Å²) in [5.74, 6) is -0.201. The fraction of sp³-hybridized carbons (Fsp3) is 0.125. The molecule has 2 aromatic rings. The summed E-state index contributed by atoms with van der Waals surface area (Å²) in [5, 5.41) is 4.14. The largest absolute Gasteiger partial charge is 0.271 e. The van der Waals surface area contributed by atoms with Gasteiger partial charge >= 0.3 is 0 Å². The highest BCUT2D eigenvalue weighted by Crippen LogP contribution is 2.07. The average molecular weight is 378 g/mol. The first-order valence-electron chi connectivity index (χ1n) is 6.23. The Morgan fingerprint density at radius 3 is 2.15 bits per heavy atom. The van der Waals surface area contributed by atoms with Gasteiger partial charge in [0.2, 0.25) is 0 Å². The number of carbonyl (C=O) groups is 1. The number of hydrazone groups is 1. The first-order valence-corrected chi connectivity index (χ1v) is 7.31. The summed E-state index contributed by atoms with van der Waals surface area (Å²) in [7, 11) is 0. The number of rotatable bonds is 3. The van der Waals surface area contributed by atoms with Crippen molar-refractivity contribution in [3.05, 3.63) is 68.8 Å². The van der Waals surface area contributed by atoms with E-state index in [1.165, 1.54) is 5.56 Å². The third kappa shape index (κ3) is 3.90. The van der Waals surface area contributed by atoms with Crippen LogP contribution in [0, 0.1) is 10.5 Å². The molecule has 0 unspecified atom stereocenters. The zero-order chi connectivity index (χ0) is 14.5. The van der Waals surface area contributed by atoms with Crippen molar-refractivity contribution in [3.8, 4) is 0 Å². The van der Waals surface area contributed by atoms with Crippen molar-refractivity contribution in [1.29, 1.82) is 0 Å². The number of halogens is 1. The third-order valence-corrected chi connectivity index (χ3v) is 3.62. The Bertz CT molecular complexity index is 631. The lowest BCUT2D eigenvalue weighted by Gasteiger charge is -2.03. The molecule has 0 spiro atoms. The van der Waals surface area contributed by atoms with E-state index in [9.17, 15) is 4.79 Å². The van der Waals surface area contributed by atoms with Crippen LogP contribution >= 0.6 is 22.6 Å². The van der Waals surface area contributed by atoms with Crippen molar-refractivity contribution in [3.63, 3.8) is 0 Å². The van der Waals surface area contributed by atoms with Crippen molar-refractivity contribution >= 4 is 34.2 Å². The van der Waals surface area contributed by atoms with Gasteiger partial charge in [0, 0.05) is 9.13 Å². The van der Waals surface area contributed by atoms with Crippen LogP contribution in [0.1, 0.15) is 28.4 Å². The number of aryl methyl sites for hydroxylation is 1. The minimum absolute atomic E-state index is 0.201. The van der Waals surface area contributed by atoms with Gasteiger partial charge in [0.05, 0.1) is 5.71 Å². The fourth-order valence-corrected chi connectivity index (χ4v) is 2.02. The zero-order valence-electron chi connectivity index (χ0n) is 11.4. The highest BCUT2D eigenvalue weighted by Gasteiger charge is 2.04. The lowest BCUT2D eigenvalue weighted by molar-refractivity contribution is 0.0955. The van der Waals surface area contributed by atoms with Gasteiger partial charge in [-0.25, -0.2) is 5.43 Å². The van der Waals surface area contributed by atoms with Crippen molar-refractivity contribution in [1.82, 2.24) is 5.43 Å². The second-order valence-electron chi connectivity index (χ2n) is 4.51. The molecule has 0 aliphatic heterocycles. The minimum Gasteiger partial charge on any atom is -0.267 e. The molecule has 0 saturated heterocycles. The topological polar surface area (TPSA) is 41.5 Å². The van der Waals surface area contributed by atoms with Crippen LogP contribution in [0.4, 0.5) is 0 Å². The van der Waals surface area contributed by atoms with Crippen LogP contribution in [-0.2, 0) is 0 Å². The molecule has 3 nitrogen and oxygen atoms in total. The van der Waals surface area contributed by atoms with Gasteiger partial charge in [0.1, 0.15) is 0 Å². The van der Waals surface area contributed by atoms with Crippen molar-refractivity contribution < 1.29 is 4.79 Å². The summed E-state index contributed by atoms with van der Waals surface area (Å²) in [6.07, 6.45) is 0. The number of carbonyl (C=O) groups excluding carboxylic acids is 1. The van der Waals surface area contributed by atoms with Crippen LogP contribution in [0.5, 0.6) is 0 Å². The Kier molecular flexibility index (Phi) is 4.89. The molecule has 0 radical (unpaired) electrons. The Labute approximate surface area is 132 Å². The van der Waals surface area contributed by atoms with E-state index in [4.69, 9.17) is 0 Å². The predicted octanol–water partition coefficient (Wildman–Crippen LogP) is 3.75. The Balaban J connectivity index is 2.06. The average Bonchev–Trinajstić information content (AvgIpc) is 2.46. The van der Waals surface area contributed by atoms with Crippen LogP contribution in [0.3, 0.4) is 0 Å². The van der Waals surface area contributed by atoms with Crippen molar-refractivity contribution in [2.75, 3.05) is 0 Å². The van der Waals surface area contributed by atoms with Crippen molar-refractivity contribution in [2.45, 2.75) is 13.8 Å². The summed E-state index contributed by atoms with van der Waals surface area (Å²) in [4.78, 5) is 11.9. The van der Waals surface area contributed by atoms with E-state index in [-0.39, 0.29) is 5.91 Å². The van der Waals surface area contributed by atoms with E-state index in [1.54, 1.807) is 12.1 Å². The van der Waals surface area contributed by atoms with Gasteiger partial charge in [0.15, 0.2) is 0 Å². The predicted molar refractivity (Wildman–Crippen MR) is 90.0 cm³/mol. The maximum absolute atomic E-state index is 11.9. The fourth-order valence-electron chi connectivity index (χ4n) is 1.66. The molecule has 0 aliphatic rings. The first-order chi connectivity index (χ1) is 9.56. The molecule has 20 heavy (non-hydrogen) atoms. The quantitative estimate of drug-likeness (QED) is 0.493. The van der Waals surface area contributed by atoms with Gasteiger partial charge in [-0.3, -0.25) is 4.79 Å². The normalized spacial score (nSPS) is 11.2. The number of hydrogen-bond acceptors (Lipinski definition) is 2. The smallest absolute Gasteiger partial charge is 0.267 e. The second-order valence-corrected chi connectivity index (χ2v) is 5.76. The highest BCUT2D eigenvalue weighted by atomic mass is 127. The van der Waals surface area contributed by atoms with Gasteiger partial charge < -0.3 is 0 Å². The number of hydrogen-bond donors (Lipinski definition) is 1. The van der Waals surface area contributed by atoms with E-state index in [0.717, 1.165) is 14.8 Å². The molecule has 1 amide bonds. The molecule has 0 saturated carbocycles. The highest BCUT2D eigenvalue weighted by molar-refractivity contribution is 14.1. The van der Waals surface area contributed by atoms with Gasteiger partial charge in [-0.05, 0) is 66.3 Å². The first kappa shape index (κ1) is 14.7. The number of benzene rings is 2. The lowest BCUT2D eigenvalue weighted by Crippen LogP contribution is -2.19. The van der Waals surface area contributed by atoms with E-state index < -0.39 is 0 Å². The van der Waals surface area contributed by atoms with Crippen LogP contribution < -0.4 is 5.43 Å². The molecule has 0 aromatic heterocycles. The van der Waals surface area contributed by atoms with Gasteiger partial charge in [-0.15, -0.1) is 0 Å². The number of amides is 1. The molecule has 102 valence electrons.